The molecule has 2 aromatic carbocycles. The lowest BCUT2D eigenvalue weighted by molar-refractivity contribution is -0.384. The summed E-state index contributed by atoms with van der Waals surface area (Å²) in [6.07, 6.45) is 0. The number of hydrogen-bond donors (Lipinski definition) is 0. The third-order valence-corrected chi connectivity index (χ3v) is 7.93. The van der Waals surface area contributed by atoms with Crippen LogP contribution in [-0.4, -0.2) is 21.4 Å². The first kappa shape index (κ1) is 16.6. The molecule has 0 radical (unpaired) electrons. The molecule has 7 heteroatoms. The van der Waals surface area contributed by atoms with Crippen molar-refractivity contribution in [2.75, 3.05) is 11.5 Å². The Morgan fingerprint density at radius 1 is 0.960 bits per heavy atom. The smallest absolute Gasteiger partial charge is 0.258 e. The van der Waals surface area contributed by atoms with Crippen LogP contribution in [-0.2, 0) is 0 Å². The van der Waals surface area contributed by atoms with Gasteiger partial charge in [-0.15, -0.1) is 34.9 Å². The van der Waals surface area contributed by atoms with Crippen molar-refractivity contribution in [1.82, 2.24) is 4.98 Å². The van der Waals surface area contributed by atoms with Crippen LogP contribution in [0, 0.1) is 10.1 Å². The number of thiazole rings is 1. The van der Waals surface area contributed by atoms with Crippen LogP contribution in [0.1, 0.15) is 10.1 Å². The van der Waals surface area contributed by atoms with Crippen LogP contribution in [0.2, 0.25) is 0 Å². The zero-order valence-electron chi connectivity index (χ0n) is 13.1. The summed E-state index contributed by atoms with van der Waals surface area (Å²) < 4.78 is 0.556. The molecule has 0 atom stereocenters. The lowest BCUT2D eigenvalue weighted by Crippen LogP contribution is -1.87. The van der Waals surface area contributed by atoms with Crippen molar-refractivity contribution >= 4 is 40.5 Å². The molecule has 0 spiro atoms. The van der Waals surface area contributed by atoms with Crippen LogP contribution < -0.4 is 0 Å². The Hall–Kier alpha value is -1.83. The van der Waals surface area contributed by atoms with Gasteiger partial charge >= 0.3 is 0 Å². The summed E-state index contributed by atoms with van der Waals surface area (Å²) in [7, 11) is 0. The largest absolute Gasteiger partial charge is 0.269 e. The van der Waals surface area contributed by atoms with Gasteiger partial charge in [0.25, 0.3) is 5.69 Å². The van der Waals surface area contributed by atoms with E-state index < -0.39 is 4.92 Å². The maximum atomic E-state index is 10.7. The van der Waals surface area contributed by atoms with E-state index in [0.717, 1.165) is 21.8 Å². The Morgan fingerprint density at radius 3 is 2.24 bits per heavy atom. The number of nitro benzene ring substituents is 1. The molecule has 126 valence electrons. The summed E-state index contributed by atoms with van der Waals surface area (Å²) in [5.41, 5.74) is 4.31. The average molecular weight is 387 g/mol. The molecular formula is C18H14N2O2S3. The minimum atomic E-state index is -0.390. The van der Waals surface area contributed by atoms with Gasteiger partial charge < -0.3 is 0 Å². The van der Waals surface area contributed by atoms with E-state index in [-0.39, 0.29) is 5.69 Å². The number of hydrogen-bond acceptors (Lipinski definition) is 6. The number of benzene rings is 2. The van der Waals surface area contributed by atoms with Gasteiger partial charge in [-0.25, -0.2) is 4.98 Å². The first-order valence-corrected chi connectivity index (χ1v) is 10.7. The topological polar surface area (TPSA) is 56.0 Å². The summed E-state index contributed by atoms with van der Waals surface area (Å²) >= 11 is 5.60. The number of non-ortho nitro benzene ring substituents is 1. The Balaban J connectivity index is 1.55. The van der Waals surface area contributed by atoms with Crippen molar-refractivity contribution in [3.8, 4) is 21.8 Å². The molecular weight excluding hydrogens is 372 g/mol. The SMILES string of the molecule is O=[N+]([O-])c1ccc(-c2csc(-c3ccc(C4SCCS4)cc3)n2)cc1. The predicted octanol–water partition coefficient (Wildman–Crippen LogP) is 5.86. The molecule has 0 amide bonds. The summed E-state index contributed by atoms with van der Waals surface area (Å²) in [5, 5.41) is 13.7. The van der Waals surface area contributed by atoms with Gasteiger partial charge in [0.1, 0.15) is 5.01 Å². The van der Waals surface area contributed by atoms with Gasteiger partial charge in [-0.1, -0.05) is 24.3 Å². The monoisotopic (exact) mass is 386 g/mol. The maximum Gasteiger partial charge on any atom is 0.269 e. The fraction of sp³-hybridized carbons (Fsp3) is 0.167. The molecule has 25 heavy (non-hydrogen) atoms. The highest BCUT2D eigenvalue weighted by Gasteiger charge is 2.18. The summed E-state index contributed by atoms with van der Waals surface area (Å²) in [6, 6.07) is 15.2. The zero-order valence-corrected chi connectivity index (χ0v) is 15.6. The van der Waals surface area contributed by atoms with E-state index in [2.05, 4.69) is 24.3 Å². The molecule has 1 fully saturated rings. The van der Waals surface area contributed by atoms with E-state index in [4.69, 9.17) is 4.98 Å². The predicted molar refractivity (Wildman–Crippen MR) is 107 cm³/mol. The fourth-order valence-corrected chi connectivity index (χ4v) is 6.32. The Morgan fingerprint density at radius 2 is 1.60 bits per heavy atom. The minimum absolute atomic E-state index is 0.0949. The summed E-state index contributed by atoms with van der Waals surface area (Å²) in [4.78, 5) is 15.1. The number of rotatable bonds is 4. The van der Waals surface area contributed by atoms with E-state index in [1.54, 1.807) is 23.5 Å². The molecule has 2 heterocycles. The zero-order chi connectivity index (χ0) is 17.2. The highest BCUT2D eigenvalue weighted by Crippen LogP contribution is 2.45. The number of nitro groups is 1. The molecule has 1 aromatic heterocycles. The van der Waals surface area contributed by atoms with Gasteiger partial charge in [0, 0.05) is 40.1 Å². The third kappa shape index (κ3) is 3.58. The number of thioether (sulfide) groups is 2. The maximum absolute atomic E-state index is 10.7. The Bertz CT molecular complexity index is 885. The van der Waals surface area contributed by atoms with Crippen LogP contribution in [0.5, 0.6) is 0 Å². The quantitative estimate of drug-likeness (QED) is 0.415. The van der Waals surface area contributed by atoms with Crippen molar-refractivity contribution in [1.29, 1.82) is 0 Å². The molecule has 0 bridgehead atoms. The van der Waals surface area contributed by atoms with E-state index in [1.165, 1.54) is 29.2 Å². The second-order valence-corrected chi connectivity index (χ2v) is 9.12. The van der Waals surface area contributed by atoms with Gasteiger partial charge in [-0.2, -0.15) is 0 Å². The van der Waals surface area contributed by atoms with Gasteiger partial charge in [-0.3, -0.25) is 10.1 Å². The van der Waals surface area contributed by atoms with Crippen LogP contribution in [0.15, 0.2) is 53.9 Å². The van der Waals surface area contributed by atoms with E-state index in [1.807, 2.05) is 28.9 Å². The summed E-state index contributed by atoms with van der Waals surface area (Å²) in [5.74, 6) is 2.45. The standard InChI is InChI=1S/C18H14N2O2S3/c21-20(22)15-7-5-12(6-8-15)16-11-25-17(19-16)13-1-3-14(4-2-13)18-23-9-10-24-18/h1-8,11,18H,9-10H2. The van der Waals surface area contributed by atoms with Crippen LogP contribution >= 0.6 is 34.9 Å². The molecule has 4 rings (SSSR count). The van der Waals surface area contributed by atoms with Gasteiger partial charge in [0.05, 0.1) is 15.2 Å². The fourth-order valence-electron chi connectivity index (χ4n) is 2.63. The van der Waals surface area contributed by atoms with E-state index >= 15 is 0 Å². The van der Waals surface area contributed by atoms with Crippen LogP contribution in [0.4, 0.5) is 5.69 Å². The molecule has 4 nitrogen and oxygen atoms in total. The van der Waals surface area contributed by atoms with Crippen LogP contribution in [0.3, 0.4) is 0 Å². The molecule has 3 aromatic rings. The van der Waals surface area contributed by atoms with Crippen LogP contribution in [0.25, 0.3) is 21.8 Å². The minimum Gasteiger partial charge on any atom is -0.258 e. The first-order chi connectivity index (χ1) is 12.2. The third-order valence-electron chi connectivity index (χ3n) is 3.93. The van der Waals surface area contributed by atoms with Gasteiger partial charge in [0.2, 0.25) is 0 Å². The van der Waals surface area contributed by atoms with Crippen molar-refractivity contribution in [2.45, 2.75) is 4.58 Å². The van der Waals surface area contributed by atoms with Crippen molar-refractivity contribution in [3.63, 3.8) is 0 Å². The highest BCUT2D eigenvalue weighted by atomic mass is 32.2. The van der Waals surface area contributed by atoms with E-state index in [9.17, 15) is 10.1 Å². The summed E-state index contributed by atoms with van der Waals surface area (Å²) in [6.45, 7) is 0. The van der Waals surface area contributed by atoms with Gasteiger partial charge in [0.15, 0.2) is 0 Å². The second kappa shape index (κ2) is 7.19. The highest BCUT2D eigenvalue weighted by molar-refractivity contribution is 8.19. The van der Waals surface area contributed by atoms with Crippen molar-refractivity contribution < 1.29 is 4.92 Å². The number of nitrogens with zero attached hydrogens (tertiary/aromatic N) is 2. The molecule has 0 aliphatic carbocycles. The molecule has 1 aliphatic heterocycles. The second-order valence-electron chi connectivity index (χ2n) is 5.54. The molecule has 1 saturated heterocycles. The average Bonchev–Trinajstić information content (AvgIpc) is 3.34. The van der Waals surface area contributed by atoms with Gasteiger partial charge in [-0.05, 0) is 17.7 Å². The molecule has 1 aliphatic rings. The first-order valence-electron chi connectivity index (χ1n) is 7.74. The number of aromatic nitrogens is 1. The molecule has 0 saturated carbocycles. The molecule has 0 unspecified atom stereocenters. The molecule has 0 N–H and O–H groups in total. The van der Waals surface area contributed by atoms with E-state index in [0.29, 0.717) is 4.58 Å². The van der Waals surface area contributed by atoms with Crippen molar-refractivity contribution in [2.24, 2.45) is 0 Å². The normalized spacial score (nSPS) is 14.7. The lowest BCUT2D eigenvalue weighted by atomic mass is 10.1. The van der Waals surface area contributed by atoms with Crippen molar-refractivity contribution in [3.05, 3.63) is 69.6 Å². The Labute approximate surface area is 157 Å². The Kier molecular flexibility index (Phi) is 4.78. The lowest BCUT2D eigenvalue weighted by Gasteiger charge is -2.08.